The van der Waals surface area contributed by atoms with Crippen molar-refractivity contribution >= 4 is 5.91 Å². The molecular formula is C16H29NO3. The number of hydrogen-bond donors (Lipinski definition) is 2. The minimum Gasteiger partial charge on any atom is -0.388 e. The average Bonchev–Trinajstić information content (AvgIpc) is 2.89. The van der Waals surface area contributed by atoms with Gasteiger partial charge in [-0.25, -0.2) is 0 Å². The van der Waals surface area contributed by atoms with Gasteiger partial charge in [0.05, 0.1) is 18.1 Å². The molecule has 1 atom stereocenters. The first-order valence-corrected chi connectivity index (χ1v) is 7.88. The van der Waals surface area contributed by atoms with Gasteiger partial charge in [-0.3, -0.25) is 4.79 Å². The van der Waals surface area contributed by atoms with Crippen LogP contribution in [0.15, 0.2) is 0 Å². The minimum absolute atomic E-state index is 0.0236. The molecule has 4 nitrogen and oxygen atoms in total. The summed E-state index contributed by atoms with van der Waals surface area (Å²) in [5.41, 5.74) is -0.400. The van der Waals surface area contributed by atoms with Crippen LogP contribution in [0.4, 0.5) is 0 Å². The molecule has 0 aromatic rings. The van der Waals surface area contributed by atoms with E-state index in [0.717, 1.165) is 32.1 Å². The van der Waals surface area contributed by atoms with Crippen molar-refractivity contribution in [2.75, 3.05) is 19.8 Å². The molecule has 0 bridgehead atoms. The van der Waals surface area contributed by atoms with Crippen molar-refractivity contribution in [3.8, 4) is 0 Å². The number of ether oxygens (including phenoxy) is 1. The fourth-order valence-corrected chi connectivity index (χ4v) is 3.34. The molecule has 2 rings (SSSR count). The first-order valence-electron chi connectivity index (χ1n) is 7.88. The molecule has 4 heteroatoms. The molecule has 1 aliphatic heterocycles. The summed E-state index contributed by atoms with van der Waals surface area (Å²) < 4.78 is 5.22. The van der Waals surface area contributed by atoms with E-state index in [1.54, 1.807) is 0 Å². The molecule has 20 heavy (non-hydrogen) atoms. The van der Waals surface area contributed by atoms with Gasteiger partial charge in [0.2, 0.25) is 5.91 Å². The molecule has 0 radical (unpaired) electrons. The number of aliphatic hydroxyl groups is 1. The lowest BCUT2D eigenvalue weighted by Crippen LogP contribution is -2.47. The second-order valence-corrected chi connectivity index (χ2v) is 7.64. The van der Waals surface area contributed by atoms with E-state index in [1.165, 1.54) is 0 Å². The van der Waals surface area contributed by atoms with E-state index >= 15 is 0 Å². The molecule has 1 amide bonds. The van der Waals surface area contributed by atoms with Crippen molar-refractivity contribution in [3.05, 3.63) is 0 Å². The van der Waals surface area contributed by atoms with Crippen molar-refractivity contribution in [2.24, 2.45) is 17.3 Å². The fourth-order valence-electron chi connectivity index (χ4n) is 3.34. The highest BCUT2D eigenvalue weighted by molar-refractivity contribution is 5.79. The topological polar surface area (TPSA) is 58.6 Å². The van der Waals surface area contributed by atoms with E-state index in [9.17, 15) is 9.90 Å². The molecular weight excluding hydrogens is 254 g/mol. The maximum Gasteiger partial charge on any atom is 0.225 e. The highest BCUT2D eigenvalue weighted by Gasteiger charge is 2.37. The van der Waals surface area contributed by atoms with E-state index in [2.05, 4.69) is 26.1 Å². The van der Waals surface area contributed by atoms with Gasteiger partial charge < -0.3 is 15.2 Å². The Morgan fingerprint density at radius 2 is 1.95 bits per heavy atom. The van der Waals surface area contributed by atoms with E-state index in [1.807, 2.05) is 0 Å². The monoisotopic (exact) mass is 283 g/mol. The Labute approximate surface area is 122 Å². The smallest absolute Gasteiger partial charge is 0.225 e. The summed E-state index contributed by atoms with van der Waals surface area (Å²) in [5, 5.41) is 13.5. The number of hydrogen-bond acceptors (Lipinski definition) is 3. The van der Waals surface area contributed by atoms with Gasteiger partial charge in [0.1, 0.15) is 0 Å². The maximum absolute atomic E-state index is 12.0. The van der Waals surface area contributed by atoms with Crippen LogP contribution in [-0.2, 0) is 9.53 Å². The summed E-state index contributed by atoms with van der Waals surface area (Å²) in [4.78, 5) is 12.0. The lowest BCUT2D eigenvalue weighted by atomic mass is 9.68. The van der Waals surface area contributed by atoms with Crippen molar-refractivity contribution < 1.29 is 14.6 Å². The van der Waals surface area contributed by atoms with Crippen LogP contribution in [0.2, 0.25) is 0 Å². The van der Waals surface area contributed by atoms with Crippen LogP contribution in [0.3, 0.4) is 0 Å². The van der Waals surface area contributed by atoms with E-state index in [0.29, 0.717) is 31.1 Å². The standard InChI is InChI=1S/C16H29NO3/c1-15(2,3)13-4-7-16(19,8-5-13)11-17-14(18)12-6-9-20-10-12/h12-13,19H,4-11H2,1-3H3,(H,17,18). The summed E-state index contributed by atoms with van der Waals surface area (Å²) in [5.74, 6) is 0.681. The third-order valence-corrected chi connectivity index (χ3v) is 5.03. The second-order valence-electron chi connectivity index (χ2n) is 7.64. The summed E-state index contributed by atoms with van der Waals surface area (Å²) in [7, 11) is 0. The largest absolute Gasteiger partial charge is 0.388 e. The molecule has 116 valence electrons. The Hall–Kier alpha value is -0.610. The number of nitrogens with one attached hydrogen (secondary N) is 1. The van der Waals surface area contributed by atoms with Crippen LogP contribution in [0.25, 0.3) is 0 Å². The fraction of sp³-hybridized carbons (Fsp3) is 0.938. The Bertz CT molecular complexity index is 334. The SMILES string of the molecule is CC(C)(C)C1CCC(O)(CNC(=O)C2CCOC2)CC1. The number of carbonyl (C=O) groups is 1. The molecule has 0 spiro atoms. The van der Waals surface area contributed by atoms with Gasteiger partial charge in [-0.15, -0.1) is 0 Å². The number of carbonyl (C=O) groups excluding carboxylic acids is 1. The molecule has 0 aromatic carbocycles. The lowest BCUT2D eigenvalue weighted by molar-refractivity contribution is -0.126. The zero-order valence-corrected chi connectivity index (χ0v) is 13.1. The molecule has 1 saturated heterocycles. The molecule has 1 saturated carbocycles. The van der Waals surface area contributed by atoms with E-state index < -0.39 is 5.60 Å². The molecule has 2 fully saturated rings. The summed E-state index contributed by atoms with van der Waals surface area (Å²) >= 11 is 0. The Kier molecular flexibility index (Phi) is 4.75. The molecule has 1 aliphatic carbocycles. The van der Waals surface area contributed by atoms with Crippen LogP contribution in [-0.4, -0.2) is 36.4 Å². The van der Waals surface area contributed by atoms with Gasteiger partial charge >= 0.3 is 0 Å². The average molecular weight is 283 g/mol. The van der Waals surface area contributed by atoms with Crippen molar-refractivity contribution in [1.29, 1.82) is 0 Å². The van der Waals surface area contributed by atoms with Crippen LogP contribution in [0, 0.1) is 17.3 Å². The molecule has 2 N–H and O–H groups in total. The van der Waals surface area contributed by atoms with Crippen molar-refractivity contribution in [2.45, 2.75) is 58.5 Å². The minimum atomic E-state index is -0.711. The molecule has 2 aliphatic rings. The highest BCUT2D eigenvalue weighted by Crippen LogP contribution is 2.41. The zero-order chi connectivity index (χ0) is 14.8. The summed E-state index contributed by atoms with van der Waals surface area (Å²) in [6.07, 6.45) is 4.47. The van der Waals surface area contributed by atoms with Crippen molar-refractivity contribution in [1.82, 2.24) is 5.32 Å². The lowest BCUT2D eigenvalue weighted by Gasteiger charge is -2.41. The summed E-state index contributed by atoms with van der Waals surface area (Å²) in [6, 6.07) is 0. The van der Waals surface area contributed by atoms with Crippen LogP contribution in [0.5, 0.6) is 0 Å². The van der Waals surface area contributed by atoms with Crippen LogP contribution in [0.1, 0.15) is 52.9 Å². The van der Waals surface area contributed by atoms with Gasteiger partial charge in [-0.1, -0.05) is 20.8 Å². The Morgan fingerprint density at radius 1 is 1.30 bits per heavy atom. The van der Waals surface area contributed by atoms with Crippen LogP contribution >= 0.6 is 0 Å². The quantitative estimate of drug-likeness (QED) is 0.834. The molecule has 1 heterocycles. The Morgan fingerprint density at radius 3 is 2.45 bits per heavy atom. The second kappa shape index (κ2) is 6.02. The third kappa shape index (κ3) is 3.95. The highest BCUT2D eigenvalue weighted by atomic mass is 16.5. The molecule has 0 aromatic heterocycles. The van der Waals surface area contributed by atoms with Gasteiger partial charge in [0.25, 0.3) is 0 Å². The normalized spacial score (nSPS) is 35.0. The van der Waals surface area contributed by atoms with E-state index in [-0.39, 0.29) is 11.8 Å². The van der Waals surface area contributed by atoms with Crippen molar-refractivity contribution in [3.63, 3.8) is 0 Å². The summed E-state index contributed by atoms with van der Waals surface area (Å²) in [6.45, 7) is 8.39. The van der Waals surface area contributed by atoms with E-state index in [4.69, 9.17) is 4.74 Å². The van der Waals surface area contributed by atoms with Gasteiger partial charge in [-0.2, -0.15) is 0 Å². The first-order chi connectivity index (χ1) is 9.30. The predicted molar refractivity (Wildman–Crippen MR) is 78.3 cm³/mol. The number of rotatable bonds is 3. The van der Waals surface area contributed by atoms with Gasteiger partial charge in [0, 0.05) is 13.2 Å². The maximum atomic E-state index is 12.0. The van der Waals surface area contributed by atoms with Gasteiger partial charge in [-0.05, 0) is 43.4 Å². The Balaban J connectivity index is 1.77. The predicted octanol–water partition coefficient (Wildman–Crippen LogP) is 2.11. The zero-order valence-electron chi connectivity index (χ0n) is 13.1. The molecule has 1 unspecified atom stereocenters. The van der Waals surface area contributed by atoms with Crippen LogP contribution < -0.4 is 5.32 Å². The number of amides is 1. The van der Waals surface area contributed by atoms with Gasteiger partial charge in [0.15, 0.2) is 0 Å². The third-order valence-electron chi connectivity index (χ3n) is 5.03. The first kappa shape index (κ1) is 15.8.